The molecule has 0 amide bonds. The monoisotopic (exact) mass is 442 g/mol. The van der Waals surface area contributed by atoms with E-state index in [4.69, 9.17) is 14.2 Å². The Kier molecular flexibility index (Phi) is 6.63. The molecule has 0 atom stereocenters. The first kappa shape index (κ1) is 21.4. The molecule has 0 spiro atoms. The molecule has 2 aromatic rings. The molecule has 0 bridgehead atoms. The van der Waals surface area contributed by atoms with Gasteiger partial charge in [-0.25, -0.2) is 21.6 Å². The van der Waals surface area contributed by atoms with Gasteiger partial charge in [0.15, 0.2) is 11.5 Å². The van der Waals surface area contributed by atoms with E-state index in [9.17, 15) is 16.8 Å². The number of hydrogen-bond donors (Lipinski definition) is 2. The summed E-state index contributed by atoms with van der Waals surface area (Å²) in [4.78, 5) is 0.0148. The molecule has 11 heteroatoms. The summed E-state index contributed by atoms with van der Waals surface area (Å²) in [5, 5.41) is 0. The smallest absolute Gasteiger partial charge is 0.262 e. The Morgan fingerprint density at radius 1 is 1.00 bits per heavy atom. The highest BCUT2D eigenvalue weighted by Crippen LogP contribution is 2.32. The maximum atomic E-state index is 12.7. The van der Waals surface area contributed by atoms with E-state index in [1.807, 2.05) is 0 Å². The predicted octanol–water partition coefficient (Wildman–Crippen LogP) is 1.32. The van der Waals surface area contributed by atoms with Gasteiger partial charge in [-0.15, -0.1) is 0 Å². The van der Waals surface area contributed by atoms with E-state index in [0.717, 1.165) is 0 Å². The van der Waals surface area contributed by atoms with Crippen LogP contribution in [0.3, 0.4) is 0 Å². The van der Waals surface area contributed by atoms with Crippen LogP contribution < -0.4 is 18.9 Å². The molecule has 1 aliphatic rings. The standard InChI is InChI=1S/C18H22N2O7S2/c1-25-8-7-19-28(21,22)13-14-3-2-4-15(11-14)20-29(23,24)16-5-6-17-18(12-16)27-10-9-26-17/h2-6,11-12,19-20H,7-10,13H2,1H3. The molecule has 0 fully saturated rings. The molecule has 0 unspecified atom stereocenters. The SMILES string of the molecule is COCCNS(=O)(=O)Cc1cccc(NS(=O)(=O)c2ccc3c(c2)OCCO3)c1. The molecule has 1 heterocycles. The molecule has 29 heavy (non-hydrogen) atoms. The Morgan fingerprint density at radius 3 is 2.52 bits per heavy atom. The third-order valence-electron chi connectivity index (χ3n) is 3.99. The van der Waals surface area contributed by atoms with Gasteiger partial charge >= 0.3 is 0 Å². The van der Waals surface area contributed by atoms with Gasteiger partial charge in [-0.2, -0.15) is 0 Å². The zero-order valence-corrected chi connectivity index (χ0v) is 17.4. The van der Waals surface area contributed by atoms with Gasteiger partial charge in [-0.05, 0) is 29.8 Å². The Morgan fingerprint density at radius 2 is 1.76 bits per heavy atom. The minimum absolute atomic E-state index is 0.0148. The van der Waals surface area contributed by atoms with E-state index in [-0.39, 0.29) is 29.5 Å². The van der Waals surface area contributed by atoms with Gasteiger partial charge in [-0.1, -0.05) is 12.1 Å². The van der Waals surface area contributed by atoms with Gasteiger partial charge in [0, 0.05) is 25.4 Å². The summed E-state index contributed by atoms with van der Waals surface area (Å²) in [7, 11) is -5.98. The Bertz CT molecular complexity index is 1070. The van der Waals surface area contributed by atoms with Gasteiger partial charge in [-0.3, -0.25) is 4.72 Å². The van der Waals surface area contributed by atoms with Crippen molar-refractivity contribution in [2.24, 2.45) is 0 Å². The summed E-state index contributed by atoms with van der Waals surface area (Å²) in [5.41, 5.74) is 0.696. The van der Waals surface area contributed by atoms with Crippen LogP contribution in [0.5, 0.6) is 11.5 Å². The fourth-order valence-electron chi connectivity index (χ4n) is 2.70. The van der Waals surface area contributed by atoms with Crippen LogP contribution in [0.4, 0.5) is 5.69 Å². The second-order valence-corrected chi connectivity index (χ2v) is 9.75. The second kappa shape index (κ2) is 8.99. The number of methoxy groups -OCH3 is 1. The van der Waals surface area contributed by atoms with Crippen LogP contribution in [-0.2, 0) is 30.5 Å². The quantitative estimate of drug-likeness (QED) is 0.562. The zero-order chi connectivity index (χ0) is 20.9. The van der Waals surface area contributed by atoms with Crippen molar-refractivity contribution in [3.8, 4) is 11.5 Å². The minimum Gasteiger partial charge on any atom is -0.486 e. The highest BCUT2D eigenvalue weighted by molar-refractivity contribution is 7.92. The number of benzene rings is 2. The van der Waals surface area contributed by atoms with Crippen LogP contribution in [0.2, 0.25) is 0 Å². The fourth-order valence-corrected chi connectivity index (χ4v) is 4.88. The van der Waals surface area contributed by atoms with Crippen molar-refractivity contribution in [2.45, 2.75) is 10.6 Å². The van der Waals surface area contributed by atoms with Gasteiger partial charge < -0.3 is 14.2 Å². The maximum Gasteiger partial charge on any atom is 0.262 e. The van der Waals surface area contributed by atoms with Crippen molar-refractivity contribution in [2.75, 3.05) is 38.2 Å². The number of anilines is 1. The zero-order valence-electron chi connectivity index (χ0n) is 15.8. The molecular weight excluding hydrogens is 420 g/mol. The molecule has 9 nitrogen and oxygen atoms in total. The molecule has 0 radical (unpaired) electrons. The maximum absolute atomic E-state index is 12.7. The number of rotatable bonds is 9. The summed E-state index contributed by atoms with van der Waals surface area (Å²) in [6, 6.07) is 10.6. The minimum atomic E-state index is -3.89. The van der Waals surface area contributed by atoms with Crippen LogP contribution in [0.1, 0.15) is 5.56 Å². The van der Waals surface area contributed by atoms with Crippen LogP contribution in [0.15, 0.2) is 47.4 Å². The van der Waals surface area contributed by atoms with Crippen LogP contribution in [0, 0.1) is 0 Å². The lowest BCUT2D eigenvalue weighted by Gasteiger charge is -2.19. The number of fused-ring (bicyclic) bond motifs is 1. The highest BCUT2D eigenvalue weighted by Gasteiger charge is 2.20. The van der Waals surface area contributed by atoms with E-state index >= 15 is 0 Å². The van der Waals surface area contributed by atoms with Crippen molar-refractivity contribution < 1.29 is 31.0 Å². The average molecular weight is 443 g/mol. The first-order valence-corrected chi connectivity index (χ1v) is 11.9. The van der Waals surface area contributed by atoms with Gasteiger partial charge in [0.25, 0.3) is 10.0 Å². The summed E-state index contributed by atoms with van der Waals surface area (Å²) in [5.74, 6) is 0.570. The van der Waals surface area contributed by atoms with E-state index in [1.165, 1.54) is 31.4 Å². The number of ether oxygens (including phenoxy) is 3. The topological polar surface area (TPSA) is 120 Å². The largest absolute Gasteiger partial charge is 0.486 e. The van der Waals surface area contributed by atoms with Crippen LogP contribution in [0.25, 0.3) is 0 Å². The van der Waals surface area contributed by atoms with Crippen molar-refractivity contribution in [3.63, 3.8) is 0 Å². The molecule has 0 aromatic heterocycles. The molecule has 0 aliphatic carbocycles. The molecule has 158 valence electrons. The summed E-state index contributed by atoms with van der Waals surface area (Å²) in [6.45, 7) is 1.18. The van der Waals surface area contributed by atoms with E-state index < -0.39 is 20.0 Å². The summed E-state index contributed by atoms with van der Waals surface area (Å²) < 4.78 is 70.1. The van der Waals surface area contributed by atoms with Crippen molar-refractivity contribution >= 4 is 25.7 Å². The fraction of sp³-hybridized carbons (Fsp3) is 0.333. The molecule has 0 saturated heterocycles. The van der Waals surface area contributed by atoms with Crippen LogP contribution in [-0.4, -0.2) is 50.3 Å². The lowest BCUT2D eigenvalue weighted by Crippen LogP contribution is -2.28. The lowest BCUT2D eigenvalue weighted by molar-refractivity contribution is 0.171. The third kappa shape index (κ3) is 5.82. The molecule has 3 rings (SSSR count). The van der Waals surface area contributed by atoms with Gasteiger partial charge in [0.05, 0.1) is 17.3 Å². The summed E-state index contributed by atoms with van der Waals surface area (Å²) in [6.07, 6.45) is 0. The number of sulfonamides is 2. The van der Waals surface area contributed by atoms with Gasteiger partial charge in [0.2, 0.25) is 10.0 Å². The molecule has 2 N–H and O–H groups in total. The lowest BCUT2D eigenvalue weighted by atomic mass is 10.2. The Labute approximate surface area is 170 Å². The van der Waals surface area contributed by atoms with E-state index in [1.54, 1.807) is 18.2 Å². The summed E-state index contributed by atoms with van der Waals surface area (Å²) >= 11 is 0. The van der Waals surface area contributed by atoms with Crippen LogP contribution >= 0.6 is 0 Å². The third-order valence-corrected chi connectivity index (χ3v) is 6.72. The predicted molar refractivity (Wildman–Crippen MR) is 107 cm³/mol. The Balaban J connectivity index is 1.74. The first-order chi connectivity index (χ1) is 13.8. The number of hydrogen-bond acceptors (Lipinski definition) is 7. The van der Waals surface area contributed by atoms with Gasteiger partial charge in [0.1, 0.15) is 13.2 Å². The molecule has 2 aromatic carbocycles. The van der Waals surface area contributed by atoms with Crippen molar-refractivity contribution in [3.05, 3.63) is 48.0 Å². The molecular formula is C18H22N2O7S2. The highest BCUT2D eigenvalue weighted by atomic mass is 32.2. The average Bonchev–Trinajstić information content (AvgIpc) is 2.67. The number of nitrogens with one attached hydrogen (secondary N) is 2. The second-order valence-electron chi connectivity index (χ2n) is 6.26. The van der Waals surface area contributed by atoms with E-state index in [2.05, 4.69) is 9.44 Å². The van der Waals surface area contributed by atoms with Crippen molar-refractivity contribution in [1.29, 1.82) is 0 Å². The van der Waals surface area contributed by atoms with Crippen molar-refractivity contribution in [1.82, 2.24) is 4.72 Å². The normalized spacial score (nSPS) is 13.8. The van der Waals surface area contributed by atoms with E-state index in [0.29, 0.717) is 30.3 Å². The Hall–Kier alpha value is -2.34. The molecule has 1 aliphatic heterocycles. The first-order valence-electron chi connectivity index (χ1n) is 8.77. The molecule has 0 saturated carbocycles.